The molecule has 0 heterocycles. The first-order valence-electron chi connectivity index (χ1n) is 13.6. The van der Waals surface area contributed by atoms with Crippen LogP contribution in [0, 0.1) is 56.2 Å². The molecule has 0 saturated heterocycles. The summed E-state index contributed by atoms with van der Waals surface area (Å²) in [5.41, 5.74) is 2.29. The van der Waals surface area contributed by atoms with E-state index in [-0.39, 0.29) is 16.9 Å². The van der Waals surface area contributed by atoms with Gasteiger partial charge in [-0.3, -0.25) is 0 Å². The van der Waals surface area contributed by atoms with Crippen molar-refractivity contribution in [3.8, 4) is 0 Å². The van der Waals surface area contributed by atoms with E-state index in [1.54, 1.807) is 0 Å². The number of allylic oxidation sites excluding steroid dienone is 2. The maximum atomic E-state index is 10.7. The van der Waals surface area contributed by atoms with Crippen LogP contribution in [0.2, 0.25) is 0 Å². The average molecular weight is 427 g/mol. The minimum absolute atomic E-state index is 0.102. The van der Waals surface area contributed by atoms with E-state index < -0.39 is 0 Å². The summed E-state index contributed by atoms with van der Waals surface area (Å²) in [6.45, 7) is 20.6. The van der Waals surface area contributed by atoms with Gasteiger partial charge in [0.05, 0.1) is 6.10 Å². The van der Waals surface area contributed by atoms with Crippen molar-refractivity contribution < 1.29 is 5.11 Å². The molecule has 10 atom stereocenters. The third-order valence-electron chi connectivity index (χ3n) is 13.3. The molecule has 1 N–H and O–H groups in total. The zero-order valence-corrected chi connectivity index (χ0v) is 21.9. The van der Waals surface area contributed by atoms with Crippen LogP contribution in [0.1, 0.15) is 113 Å². The summed E-state index contributed by atoms with van der Waals surface area (Å²) in [6, 6.07) is 0. The van der Waals surface area contributed by atoms with Crippen molar-refractivity contribution in [2.24, 2.45) is 56.2 Å². The van der Waals surface area contributed by atoms with Gasteiger partial charge in [-0.2, -0.15) is 0 Å². The van der Waals surface area contributed by atoms with E-state index in [2.05, 4.69) is 67.5 Å². The van der Waals surface area contributed by atoms with Gasteiger partial charge in [0.15, 0.2) is 0 Å². The minimum Gasteiger partial charge on any atom is -0.393 e. The number of hydrogen-bond acceptors (Lipinski definition) is 1. The standard InChI is InChI=1S/C30H50O/c1-20-21(31)9-10-22-27(20,5)12-11-23-28(22,6)16-18-30(8)24-19-25(2,3)13-14-26(24,4)15-17-29(23,30)7/h16,18,20-24,31H,9-15,17,19H2,1-8H3/t20-,21-,22-,23+,24+,26+,27+,28-,29+,30-/m0/s1. The Balaban J connectivity index is 1.60. The Labute approximate surface area is 192 Å². The second-order valence-corrected chi connectivity index (χ2v) is 15.1. The van der Waals surface area contributed by atoms with Crippen LogP contribution in [0.4, 0.5) is 0 Å². The van der Waals surface area contributed by atoms with Gasteiger partial charge in [0.2, 0.25) is 0 Å². The Morgan fingerprint density at radius 1 is 0.710 bits per heavy atom. The Morgan fingerprint density at radius 2 is 1.39 bits per heavy atom. The van der Waals surface area contributed by atoms with Crippen LogP contribution in [-0.4, -0.2) is 11.2 Å². The lowest BCUT2D eigenvalue weighted by molar-refractivity contribution is -0.214. The molecule has 0 amide bonds. The summed E-state index contributed by atoms with van der Waals surface area (Å²) in [5, 5.41) is 10.7. The Bertz CT molecular complexity index is 781. The maximum Gasteiger partial charge on any atom is 0.0571 e. The van der Waals surface area contributed by atoms with Crippen LogP contribution < -0.4 is 0 Å². The van der Waals surface area contributed by atoms with Gasteiger partial charge in [-0.05, 0) is 114 Å². The normalized spacial score (nSPS) is 60.4. The molecule has 0 spiro atoms. The van der Waals surface area contributed by atoms with Crippen molar-refractivity contribution >= 4 is 0 Å². The minimum atomic E-state index is -0.102. The lowest BCUT2D eigenvalue weighted by Crippen LogP contribution is -2.66. The van der Waals surface area contributed by atoms with Crippen LogP contribution in [0.15, 0.2) is 12.2 Å². The Morgan fingerprint density at radius 3 is 2.10 bits per heavy atom. The highest BCUT2D eigenvalue weighted by Gasteiger charge is 2.69. The van der Waals surface area contributed by atoms with Gasteiger partial charge in [-0.25, -0.2) is 0 Å². The summed E-state index contributed by atoms with van der Waals surface area (Å²) in [6.07, 6.45) is 17.3. The lowest BCUT2D eigenvalue weighted by atomic mass is 9.32. The number of aliphatic hydroxyl groups is 1. The molecule has 1 heteroatoms. The largest absolute Gasteiger partial charge is 0.393 e. The number of hydrogen-bond donors (Lipinski definition) is 1. The molecule has 176 valence electrons. The molecule has 0 radical (unpaired) electrons. The van der Waals surface area contributed by atoms with E-state index in [0.29, 0.717) is 33.5 Å². The lowest BCUT2D eigenvalue weighted by Gasteiger charge is -2.73. The van der Waals surface area contributed by atoms with Gasteiger partial charge in [0.1, 0.15) is 0 Å². The van der Waals surface area contributed by atoms with Crippen LogP contribution in [0.5, 0.6) is 0 Å². The molecule has 0 aliphatic heterocycles. The fraction of sp³-hybridized carbons (Fsp3) is 0.933. The fourth-order valence-electron chi connectivity index (χ4n) is 10.7. The predicted octanol–water partition coefficient (Wildman–Crippen LogP) is 8.02. The number of rotatable bonds is 0. The zero-order chi connectivity index (χ0) is 22.7. The molecule has 0 bridgehead atoms. The summed E-state index contributed by atoms with van der Waals surface area (Å²) < 4.78 is 0. The monoisotopic (exact) mass is 426 g/mol. The molecule has 31 heavy (non-hydrogen) atoms. The fourth-order valence-corrected chi connectivity index (χ4v) is 10.7. The van der Waals surface area contributed by atoms with E-state index in [0.717, 1.165) is 18.3 Å². The first-order valence-corrected chi connectivity index (χ1v) is 13.6. The summed E-state index contributed by atoms with van der Waals surface area (Å²) in [5.74, 6) is 2.73. The molecular weight excluding hydrogens is 376 g/mol. The first kappa shape index (κ1) is 22.5. The second kappa shape index (κ2) is 6.43. The molecule has 0 aromatic heterocycles. The van der Waals surface area contributed by atoms with Crippen LogP contribution >= 0.6 is 0 Å². The van der Waals surface area contributed by atoms with E-state index in [1.165, 1.54) is 51.4 Å². The summed E-state index contributed by atoms with van der Waals surface area (Å²) >= 11 is 0. The molecule has 4 fully saturated rings. The van der Waals surface area contributed by atoms with Crippen molar-refractivity contribution in [1.82, 2.24) is 0 Å². The molecule has 5 aliphatic carbocycles. The number of aliphatic hydroxyl groups excluding tert-OH is 1. The summed E-state index contributed by atoms with van der Waals surface area (Å²) in [4.78, 5) is 0. The van der Waals surface area contributed by atoms with E-state index in [4.69, 9.17) is 0 Å². The highest BCUT2D eigenvalue weighted by Crippen LogP contribution is 2.76. The third-order valence-corrected chi connectivity index (χ3v) is 13.3. The van der Waals surface area contributed by atoms with Crippen LogP contribution in [0.25, 0.3) is 0 Å². The van der Waals surface area contributed by atoms with E-state index >= 15 is 0 Å². The van der Waals surface area contributed by atoms with E-state index in [9.17, 15) is 5.11 Å². The van der Waals surface area contributed by atoms with E-state index in [1.807, 2.05) is 0 Å². The van der Waals surface area contributed by atoms with Crippen molar-refractivity contribution in [2.45, 2.75) is 119 Å². The second-order valence-electron chi connectivity index (χ2n) is 15.1. The van der Waals surface area contributed by atoms with Gasteiger partial charge in [-0.1, -0.05) is 67.5 Å². The zero-order valence-electron chi connectivity index (χ0n) is 21.9. The molecule has 1 nitrogen and oxygen atoms in total. The molecule has 5 rings (SSSR count). The van der Waals surface area contributed by atoms with Crippen molar-refractivity contribution in [1.29, 1.82) is 0 Å². The topological polar surface area (TPSA) is 20.2 Å². The van der Waals surface area contributed by atoms with Crippen LogP contribution in [-0.2, 0) is 0 Å². The Hall–Kier alpha value is -0.300. The van der Waals surface area contributed by atoms with Gasteiger partial charge in [0, 0.05) is 0 Å². The average Bonchev–Trinajstić information content (AvgIpc) is 2.69. The third kappa shape index (κ3) is 2.71. The van der Waals surface area contributed by atoms with Gasteiger partial charge in [0.25, 0.3) is 0 Å². The first-order chi connectivity index (χ1) is 14.2. The smallest absolute Gasteiger partial charge is 0.0571 e. The number of fused-ring (bicyclic) bond motifs is 7. The van der Waals surface area contributed by atoms with Gasteiger partial charge in [-0.15, -0.1) is 0 Å². The van der Waals surface area contributed by atoms with Gasteiger partial charge >= 0.3 is 0 Å². The van der Waals surface area contributed by atoms with Crippen LogP contribution in [0.3, 0.4) is 0 Å². The SMILES string of the molecule is C[C@H]1[C@@H](O)CC[C@@H]2[C@]3(C)C=C[C@@]4(C)[C@@H]5CC(C)(C)CC[C@]5(C)CC[C@]4(C)[C@@H]3CC[C@@]21C. The molecule has 4 saturated carbocycles. The quantitative estimate of drug-likeness (QED) is 0.389. The molecule has 0 unspecified atom stereocenters. The summed E-state index contributed by atoms with van der Waals surface area (Å²) in [7, 11) is 0. The highest BCUT2D eigenvalue weighted by molar-refractivity contribution is 5.28. The molecule has 0 aromatic rings. The molecule has 0 aromatic carbocycles. The highest BCUT2D eigenvalue weighted by atomic mass is 16.3. The molecule has 5 aliphatic rings. The van der Waals surface area contributed by atoms with Crippen molar-refractivity contribution in [2.75, 3.05) is 0 Å². The Kier molecular flexibility index (Phi) is 4.66. The van der Waals surface area contributed by atoms with Crippen molar-refractivity contribution in [3.63, 3.8) is 0 Å². The van der Waals surface area contributed by atoms with Gasteiger partial charge < -0.3 is 5.11 Å². The maximum absolute atomic E-state index is 10.7. The molecular formula is C30H50O. The predicted molar refractivity (Wildman–Crippen MR) is 131 cm³/mol. The van der Waals surface area contributed by atoms with Crippen molar-refractivity contribution in [3.05, 3.63) is 12.2 Å².